The largest absolute Gasteiger partial charge is 0.223 e. The minimum absolute atomic E-state index is 0.251. The van der Waals surface area contributed by atoms with Gasteiger partial charge in [-0.1, -0.05) is 84.9 Å². The summed E-state index contributed by atoms with van der Waals surface area (Å²) >= 11 is 6.23. The highest BCUT2D eigenvalue weighted by Crippen LogP contribution is 2.30. The van der Waals surface area contributed by atoms with Crippen LogP contribution in [0.4, 0.5) is 0 Å². The Labute approximate surface area is 174 Å². The molecule has 4 aromatic carbocycles. The van der Waals surface area contributed by atoms with E-state index >= 15 is 0 Å². The molecule has 0 aliphatic carbocycles. The third-order valence-electron chi connectivity index (χ3n) is 5.01. The minimum atomic E-state index is 0.251. The van der Waals surface area contributed by atoms with Gasteiger partial charge < -0.3 is 0 Å². The Bertz CT molecular complexity index is 1300. The van der Waals surface area contributed by atoms with Crippen LogP contribution in [0.1, 0.15) is 0 Å². The highest BCUT2D eigenvalue weighted by atomic mass is 35.5. The molecule has 0 amide bonds. The molecule has 0 atom stereocenters. The number of halogens is 1. The van der Waals surface area contributed by atoms with Gasteiger partial charge in [0.25, 0.3) is 0 Å². The first-order valence-electron chi connectivity index (χ1n) is 9.46. The SMILES string of the molecule is Clc1nc(-c2ccccc2)cc(-c2ccc3cc(-c4ccccc4)ccc3c2)n1. The summed E-state index contributed by atoms with van der Waals surface area (Å²) < 4.78 is 0. The number of fused-ring (bicyclic) bond motifs is 1. The molecule has 5 aromatic rings. The van der Waals surface area contributed by atoms with Crippen LogP contribution in [0.3, 0.4) is 0 Å². The van der Waals surface area contributed by atoms with E-state index in [4.69, 9.17) is 11.6 Å². The average molecular weight is 393 g/mol. The van der Waals surface area contributed by atoms with Gasteiger partial charge in [0, 0.05) is 11.1 Å². The maximum atomic E-state index is 6.23. The molecule has 0 N–H and O–H groups in total. The molecule has 138 valence electrons. The maximum absolute atomic E-state index is 6.23. The number of hydrogen-bond acceptors (Lipinski definition) is 2. The fraction of sp³-hybridized carbons (Fsp3) is 0. The topological polar surface area (TPSA) is 25.8 Å². The lowest BCUT2D eigenvalue weighted by atomic mass is 9.99. The predicted octanol–water partition coefficient (Wildman–Crippen LogP) is 7.28. The summed E-state index contributed by atoms with van der Waals surface area (Å²) in [5.74, 6) is 0. The van der Waals surface area contributed by atoms with E-state index in [1.807, 2.05) is 42.5 Å². The molecule has 0 aliphatic rings. The minimum Gasteiger partial charge on any atom is -0.218 e. The molecule has 0 aliphatic heterocycles. The van der Waals surface area contributed by atoms with Crippen LogP contribution in [-0.4, -0.2) is 9.97 Å². The lowest BCUT2D eigenvalue weighted by Crippen LogP contribution is -1.92. The Morgan fingerprint density at radius 1 is 0.448 bits per heavy atom. The van der Waals surface area contributed by atoms with Crippen molar-refractivity contribution >= 4 is 22.4 Å². The Morgan fingerprint density at radius 3 is 1.62 bits per heavy atom. The molecule has 29 heavy (non-hydrogen) atoms. The fourth-order valence-electron chi connectivity index (χ4n) is 3.54. The fourth-order valence-corrected chi connectivity index (χ4v) is 3.72. The molecule has 0 saturated carbocycles. The van der Waals surface area contributed by atoms with Crippen LogP contribution in [0.15, 0.2) is 103 Å². The number of benzene rings is 4. The zero-order valence-electron chi connectivity index (χ0n) is 15.6. The van der Waals surface area contributed by atoms with E-state index in [1.54, 1.807) is 0 Å². The zero-order chi connectivity index (χ0) is 19.6. The quantitative estimate of drug-likeness (QED) is 0.301. The molecular formula is C26H17ClN2. The van der Waals surface area contributed by atoms with Crippen LogP contribution in [0, 0.1) is 0 Å². The zero-order valence-corrected chi connectivity index (χ0v) is 16.3. The first kappa shape index (κ1) is 17.6. The molecule has 3 heteroatoms. The van der Waals surface area contributed by atoms with Crippen LogP contribution in [-0.2, 0) is 0 Å². The van der Waals surface area contributed by atoms with E-state index in [0.29, 0.717) is 0 Å². The summed E-state index contributed by atoms with van der Waals surface area (Å²) in [5, 5.41) is 2.61. The van der Waals surface area contributed by atoms with Crippen molar-refractivity contribution in [1.82, 2.24) is 9.97 Å². The molecule has 0 saturated heterocycles. The van der Waals surface area contributed by atoms with Crippen LogP contribution < -0.4 is 0 Å². The smallest absolute Gasteiger partial charge is 0.218 e. The van der Waals surface area contributed by atoms with Gasteiger partial charge in [0.15, 0.2) is 0 Å². The summed E-state index contributed by atoms with van der Waals surface area (Å²) in [6.45, 7) is 0. The van der Waals surface area contributed by atoms with Gasteiger partial charge in [0.1, 0.15) is 0 Å². The van der Waals surface area contributed by atoms with Crippen molar-refractivity contribution in [3.63, 3.8) is 0 Å². The van der Waals surface area contributed by atoms with E-state index < -0.39 is 0 Å². The Hall–Kier alpha value is -3.49. The summed E-state index contributed by atoms with van der Waals surface area (Å²) in [6.07, 6.45) is 0. The van der Waals surface area contributed by atoms with Crippen molar-refractivity contribution in [3.8, 4) is 33.6 Å². The highest BCUT2D eigenvalue weighted by Gasteiger charge is 2.08. The summed E-state index contributed by atoms with van der Waals surface area (Å²) in [7, 11) is 0. The maximum Gasteiger partial charge on any atom is 0.223 e. The molecule has 0 fully saturated rings. The van der Waals surface area contributed by atoms with Gasteiger partial charge in [-0.05, 0) is 51.7 Å². The molecule has 0 radical (unpaired) electrons. The lowest BCUT2D eigenvalue weighted by Gasteiger charge is -2.08. The molecule has 1 aromatic heterocycles. The summed E-state index contributed by atoms with van der Waals surface area (Å²) in [4.78, 5) is 8.85. The second-order valence-corrected chi connectivity index (χ2v) is 7.25. The van der Waals surface area contributed by atoms with Crippen molar-refractivity contribution in [2.45, 2.75) is 0 Å². The van der Waals surface area contributed by atoms with Crippen LogP contribution in [0.25, 0.3) is 44.4 Å². The van der Waals surface area contributed by atoms with Gasteiger partial charge in [-0.25, -0.2) is 9.97 Å². The van der Waals surface area contributed by atoms with Gasteiger partial charge in [0.05, 0.1) is 11.4 Å². The predicted molar refractivity (Wildman–Crippen MR) is 121 cm³/mol. The van der Waals surface area contributed by atoms with E-state index in [-0.39, 0.29) is 5.28 Å². The van der Waals surface area contributed by atoms with Gasteiger partial charge in [-0.15, -0.1) is 0 Å². The summed E-state index contributed by atoms with van der Waals surface area (Å²) in [5.41, 5.74) is 6.10. The molecule has 5 rings (SSSR count). The first-order valence-corrected chi connectivity index (χ1v) is 9.84. The number of hydrogen-bond donors (Lipinski definition) is 0. The molecule has 1 heterocycles. The van der Waals surface area contributed by atoms with E-state index in [1.165, 1.54) is 16.5 Å². The second kappa shape index (κ2) is 7.50. The van der Waals surface area contributed by atoms with E-state index in [9.17, 15) is 0 Å². The Balaban J connectivity index is 1.57. The van der Waals surface area contributed by atoms with Gasteiger partial charge >= 0.3 is 0 Å². The van der Waals surface area contributed by atoms with Crippen LogP contribution >= 0.6 is 11.6 Å². The van der Waals surface area contributed by atoms with E-state index in [2.05, 4.69) is 70.6 Å². The Kier molecular flexibility index (Phi) is 4.55. The van der Waals surface area contributed by atoms with Crippen LogP contribution in [0.2, 0.25) is 5.28 Å². The van der Waals surface area contributed by atoms with Gasteiger partial charge in [-0.3, -0.25) is 0 Å². The number of nitrogens with zero attached hydrogens (tertiary/aromatic N) is 2. The number of rotatable bonds is 3. The normalized spacial score (nSPS) is 10.9. The average Bonchev–Trinajstić information content (AvgIpc) is 2.79. The molecule has 0 unspecified atom stereocenters. The van der Waals surface area contributed by atoms with Gasteiger partial charge in [0.2, 0.25) is 5.28 Å². The third-order valence-corrected chi connectivity index (χ3v) is 5.18. The second-order valence-electron chi connectivity index (χ2n) is 6.92. The van der Waals surface area contributed by atoms with Crippen molar-refractivity contribution in [1.29, 1.82) is 0 Å². The number of aromatic nitrogens is 2. The molecule has 2 nitrogen and oxygen atoms in total. The molecule has 0 spiro atoms. The van der Waals surface area contributed by atoms with Crippen LogP contribution in [0.5, 0.6) is 0 Å². The van der Waals surface area contributed by atoms with Gasteiger partial charge in [-0.2, -0.15) is 0 Å². The van der Waals surface area contributed by atoms with Crippen molar-refractivity contribution < 1.29 is 0 Å². The molecular weight excluding hydrogens is 376 g/mol. The highest BCUT2D eigenvalue weighted by molar-refractivity contribution is 6.28. The third kappa shape index (κ3) is 3.63. The monoisotopic (exact) mass is 392 g/mol. The summed E-state index contributed by atoms with van der Waals surface area (Å²) in [6, 6.07) is 35.3. The first-order chi connectivity index (χ1) is 14.3. The van der Waals surface area contributed by atoms with E-state index in [0.717, 1.165) is 27.9 Å². The van der Waals surface area contributed by atoms with Crippen molar-refractivity contribution in [3.05, 3.63) is 108 Å². The lowest BCUT2D eigenvalue weighted by molar-refractivity contribution is 1.18. The van der Waals surface area contributed by atoms with Crippen molar-refractivity contribution in [2.24, 2.45) is 0 Å². The standard InChI is InChI=1S/C26H17ClN2/c27-26-28-24(19-9-5-2-6-10-19)17-25(29-26)23-14-13-21-15-20(11-12-22(21)16-23)18-7-3-1-4-8-18/h1-17H. The molecule has 0 bridgehead atoms. The Morgan fingerprint density at radius 2 is 0.966 bits per heavy atom. The van der Waals surface area contributed by atoms with Crippen molar-refractivity contribution in [2.75, 3.05) is 0 Å².